The molecule has 5 rings (SSSR count). The second-order valence-electron chi connectivity index (χ2n) is 6.42. The predicted octanol–water partition coefficient (Wildman–Crippen LogP) is 2.37. The molecule has 0 radical (unpaired) electrons. The molecule has 3 aromatic rings. The molecule has 2 bridgehead atoms. The Bertz CT molecular complexity index is 911. The average Bonchev–Trinajstić information content (AvgIpc) is 3.25. The summed E-state index contributed by atoms with van der Waals surface area (Å²) in [5.41, 5.74) is 2.75. The lowest BCUT2D eigenvalue weighted by Gasteiger charge is -2.26. The van der Waals surface area contributed by atoms with E-state index in [9.17, 15) is 0 Å². The highest BCUT2D eigenvalue weighted by molar-refractivity contribution is 5.82. The number of para-hydroxylation sites is 1. The summed E-state index contributed by atoms with van der Waals surface area (Å²) in [6.45, 7) is 3.67. The first kappa shape index (κ1) is 13.8. The molecule has 6 nitrogen and oxygen atoms in total. The highest BCUT2D eigenvalue weighted by Crippen LogP contribution is 2.30. The van der Waals surface area contributed by atoms with Crippen molar-refractivity contribution in [1.82, 2.24) is 19.9 Å². The summed E-state index contributed by atoms with van der Waals surface area (Å²) in [4.78, 5) is 20.6. The molecule has 1 aromatic carbocycles. The van der Waals surface area contributed by atoms with Crippen LogP contribution in [0.25, 0.3) is 22.3 Å². The molecule has 6 heteroatoms. The maximum atomic E-state index is 5.63. The van der Waals surface area contributed by atoms with E-state index in [0.29, 0.717) is 18.0 Å². The molecule has 2 atom stereocenters. The maximum Gasteiger partial charge on any atom is 0.225 e. The summed E-state index contributed by atoms with van der Waals surface area (Å²) >= 11 is 0. The maximum absolute atomic E-state index is 5.63. The highest BCUT2D eigenvalue weighted by atomic mass is 16.5. The molecule has 2 fully saturated rings. The number of ether oxygens (including phenoxy) is 1. The monoisotopic (exact) mass is 319 g/mol. The number of hydrogen-bond acceptors (Lipinski definition) is 6. The smallest absolute Gasteiger partial charge is 0.225 e. The Morgan fingerprint density at radius 3 is 2.71 bits per heavy atom. The number of nitrogens with zero attached hydrogens (tertiary/aromatic N) is 5. The van der Waals surface area contributed by atoms with Crippen molar-refractivity contribution in [1.29, 1.82) is 0 Å². The summed E-state index contributed by atoms with van der Waals surface area (Å²) in [5, 5.41) is 1.08. The third-order valence-corrected chi connectivity index (χ3v) is 4.85. The van der Waals surface area contributed by atoms with Crippen molar-refractivity contribution < 1.29 is 4.74 Å². The van der Waals surface area contributed by atoms with E-state index in [1.54, 1.807) is 0 Å². The Labute approximate surface area is 139 Å². The van der Waals surface area contributed by atoms with Crippen LogP contribution in [0.4, 0.5) is 5.95 Å². The molecule has 0 aliphatic carbocycles. The fourth-order valence-corrected chi connectivity index (χ4v) is 3.59. The Kier molecular flexibility index (Phi) is 2.99. The molecule has 2 saturated heterocycles. The van der Waals surface area contributed by atoms with Gasteiger partial charge in [-0.3, -0.25) is 0 Å². The molecule has 24 heavy (non-hydrogen) atoms. The van der Waals surface area contributed by atoms with Crippen LogP contribution in [0.2, 0.25) is 0 Å². The van der Waals surface area contributed by atoms with E-state index in [2.05, 4.69) is 24.8 Å². The van der Waals surface area contributed by atoms with Crippen molar-refractivity contribution in [3.8, 4) is 11.4 Å². The Balaban J connectivity index is 1.49. The first-order chi connectivity index (χ1) is 11.8. The van der Waals surface area contributed by atoms with Crippen molar-refractivity contribution in [2.24, 2.45) is 0 Å². The minimum Gasteiger partial charge on any atom is -0.374 e. The zero-order chi connectivity index (χ0) is 16.1. The van der Waals surface area contributed by atoms with Crippen LogP contribution in [-0.2, 0) is 4.74 Å². The molecule has 0 amide bonds. The molecule has 120 valence electrons. The van der Waals surface area contributed by atoms with Crippen LogP contribution in [0, 0.1) is 6.92 Å². The van der Waals surface area contributed by atoms with Gasteiger partial charge in [-0.25, -0.2) is 19.9 Å². The average molecular weight is 319 g/mol. The van der Waals surface area contributed by atoms with E-state index in [4.69, 9.17) is 4.74 Å². The number of aryl methyl sites for hydroxylation is 1. The van der Waals surface area contributed by atoms with Crippen molar-refractivity contribution in [2.75, 3.05) is 18.1 Å². The van der Waals surface area contributed by atoms with Gasteiger partial charge in [0.15, 0.2) is 5.82 Å². The van der Waals surface area contributed by atoms with E-state index >= 15 is 0 Å². The Morgan fingerprint density at radius 1 is 1.12 bits per heavy atom. The van der Waals surface area contributed by atoms with Crippen molar-refractivity contribution in [2.45, 2.75) is 25.5 Å². The number of morpholine rings is 1. The highest BCUT2D eigenvalue weighted by Gasteiger charge is 2.40. The number of fused-ring (bicyclic) bond motifs is 3. The van der Waals surface area contributed by atoms with E-state index in [1.165, 1.54) is 0 Å². The molecule has 2 aliphatic rings. The number of benzene rings is 1. The van der Waals surface area contributed by atoms with Gasteiger partial charge in [-0.2, -0.15) is 0 Å². The zero-order valence-corrected chi connectivity index (χ0v) is 13.4. The van der Waals surface area contributed by atoms with Crippen LogP contribution in [0.1, 0.15) is 12.1 Å². The van der Waals surface area contributed by atoms with Gasteiger partial charge in [-0.1, -0.05) is 18.2 Å². The molecular formula is C18H17N5O. The van der Waals surface area contributed by atoms with Crippen LogP contribution in [0.3, 0.4) is 0 Å². The van der Waals surface area contributed by atoms with Gasteiger partial charge in [-0.15, -0.1) is 0 Å². The van der Waals surface area contributed by atoms with Crippen LogP contribution in [0.15, 0.2) is 36.7 Å². The molecular weight excluding hydrogens is 302 g/mol. The lowest BCUT2D eigenvalue weighted by molar-refractivity contribution is 0.0986. The standard InChI is InChI=1S/C18H17N5O/c1-11-15-4-2-3-5-16(15)22-17(21-11)12-7-19-18(20-8-12)23-9-14-6-13(23)10-24-14/h2-5,7-8,13-14H,6,9-10H2,1H3. The quantitative estimate of drug-likeness (QED) is 0.722. The topological polar surface area (TPSA) is 64.0 Å². The fraction of sp³-hybridized carbons (Fsp3) is 0.333. The summed E-state index contributed by atoms with van der Waals surface area (Å²) in [5.74, 6) is 1.44. The van der Waals surface area contributed by atoms with E-state index in [0.717, 1.165) is 47.7 Å². The van der Waals surface area contributed by atoms with Gasteiger partial charge >= 0.3 is 0 Å². The van der Waals surface area contributed by atoms with Crippen molar-refractivity contribution >= 4 is 16.9 Å². The van der Waals surface area contributed by atoms with E-state index in [1.807, 2.05) is 43.6 Å². The molecule has 2 aliphatic heterocycles. The number of hydrogen-bond donors (Lipinski definition) is 0. The number of rotatable bonds is 2. The molecule has 4 heterocycles. The van der Waals surface area contributed by atoms with Crippen molar-refractivity contribution in [3.63, 3.8) is 0 Å². The van der Waals surface area contributed by atoms with Gasteiger partial charge in [0, 0.05) is 30.0 Å². The lowest BCUT2D eigenvalue weighted by Crippen LogP contribution is -2.38. The first-order valence-electron chi connectivity index (χ1n) is 8.22. The van der Waals surface area contributed by atoms with Gasteiger partial charge < -0.3 is 9.64 Å². The lowest BCUT2D eigenvalue weighted by atomic mass is 10.2. The van der Waals surface area contributed by atoms with Crippen LogP contribution in [0.5, 0.6) is 0 Å². The van der Waals surface area contributed by atoms with Gasteiger partial charge in [0.25, 0.3) is 0 Å². The number of aromatic nitrogens is 4. The zero-order valence-electron chi connectivity index (χ0n) is 13.4. The first-order valence-corrected chi connectivity index (χ1v) is 8.22. The van der Waals surface area contributed by atoms with E-state index < -0.39 is 0 Å². The largest absolute Gasteiger partial charge is 0.374 e. The van der Waals surface area contributed by atoms with Crippen molar-refractivity contribution in [3.05, 3.63) is 42.4 Å². The second kappa shape index (κ2) is 5.21. The molecule has 0 N–H and O–H groups in total. The second-order valence-corrected chi connectivity index (χ2v) is 6.42. The Hall–Kier alpha value is -2.60. The summed E-state index contributed by atoms with van der Waals surface area (Å²) in [6, 6.07) is 8.45. The minimum atomic E-state index is 0.338. The predicted molar refractivity (Wildman–Crippen MR) is 90.8 cm³/mol. The normalized spacial score (nSPS) is 22.5. The molecule has 2 aromatic heterocycles. The molecule has 0 spiro atoms. The number of anilines is 1. The molecule has 2 unspecified atom stereocenters. The summed E-state index contributed by atoms with van der Waals surface area (Å²) in [7, 11) is 0. The minimum absolute atomic E-state index is 0.338. The van der Waals surface area contributed by atoms with Gasteiger partial charge in [0.1, 0.15) is 0 Å². The summed E-state index contributed by atoms with van der Waals surface area (Å²) < 4.78 is 5.63. The van der Waals surface area contributed by atoms with Crippen LogP contribution < -0.4 is 4.90 Å². The fourth-order valence-electron chi connectivity index (χ4n) is 3.59. The third-order valence-electron chi connectivity index (χ3n) is 4.85. The van der Waals surface area contributed by atoms with Gasteiger partial charge in [0.2, 0.25) is 5.95 Å². The van der Waals surface area contributed by atoms with Gasteiger partial charge in [0.05, 0.1) is 29.8 Å². The third kappa shape index (κ3) is 2.14. The van der Waals surface area contributed by atoms with Gasteiger partial charge in [-0.05, 0) is 19.4 Å². The van der Waals surface area contributed by atoms with Crippen LogP contribution in [-0.4, -0.2) is 45.2 Å². The molecule has 0 saturated carbocycles. The SMILES string of the molecule is Cc1nc(-c2cnc(N3CC4CC3CO4)nc2)nc2ccccc12. The van der Waals surface area contributed by atoms with Crippen LogP contribution >= 0.6 is 0 Å². The summed E-state index contributed by atoms with van der Waals surface area (Å²) in [6.07, 6.45) is 5.06. The Morgan fingerprint density at radius 2 is 1.96 bits per heavy atom. The van der Waals surface area contributed by atoms with E-state index in [-0.39, 0.29) is 0 Å².